The summed E-state index contributed by atoms with van der Waals surface area (Å²) in [5.74, 6) is 0. The van der Waals surface area contributed by atoms with Gasteiger partial charge in [0.1, 0.15) is 0 Å². The zero-order valence-corrected chi connectivity index (χ0v) is 14.7. The number of nitrogens with zero attached hydrogens (tertiary/aromatic N) is 3. The molecule has 2 aromatic rings. The molecule has 4 nitrogen and oxygen atoms in total. The molecule has 0 aromatic carbocycles. The minimum Gasteiger partial charge on any atom is -0.345 e. The van der Waals surface area contributed by atoms with Crippen molar-refractivity contribution >= 4 is 15.9 Å². The third-order valence-corrected chi connectivity index (χ3v) is 4.85. The molecular weight excluding hydrogens is 328 g/mol. The van der Waals surface area contributed by atoms with Gasteiger partial charge in [0.05, 0.1) is 22.4 Å². The highest BCUT2D eigenvalue weighted by Gasteiger charge is 2.15. The number of rotatable bonds is 7. The number of halogens is 1. The van der Waals surface area contributed by atoms with Gasteiger partial charge in [-0.25, -0.2) is 0 Å². The summed E-state index contributed by atoms with van der Waals surface area (Å²) in [6.45, 7) is 8.12. The number of hydrogen-bond acceptors (Lipinski definition) is 2. The van der Waals surface area contributed by atoms with Gasteiger partial charge in [0.2, 0.25) is 0 Å². The van der Waals surface area contributed by atoms with Gasteiger partial charge in [0.25, 0.3) is 0 Å². The molecule has 2 rings (SSSR count). The Hall–Kier alpha value is -1.07. The van der Waals surface area contributed by atoms with E-state index in [9.17, 15) is 0 Å². The van der Waals surface area contributed by atoms with Crippen LogP contribution in [0.3, 0.4) is 0 Å². The maximum Gasteiger partial charge on any atom is 0.0767 e. The van der Waals surface area contributed by atoms with Gasteiger partial charge in [-0.05, 0) is 47.8 Å². The van der Waals surface area contributed by atoms with E-state index in [1.807, 2.05) is 0 Å². The smallest absolute Gasteiger partial charge is 0.0767 e. The Morgan fingerprint density at radius 2 is 2.10 bits per heavy atom. The van der Waals surface area contributed by atoms with Crippen molar-refractivity contribution in [2.45, 2.75) is 59.2 Å². The van der Waals surface area contributed by atoms with E-state index < -0.39 is 0 Å². The Labute approximate surface area is 135 Å². The van der Waals surface area contributed by atoms with E-state index in [2.05, 4.69) is 69.4 Å². The molecule has 1 unspecified atom stereocenters. The van der Waals surface area contributed by atoms with Crippen LogP contribution in [0.5, 0.6) is 0 Å². The van der Waals surface area contributed by atoms with Crippen LogP contribution in [0.25, 0.3) is 0 Å². The van der Waals surface area contributed by atoms with Crippen LogP contribution >= 0.6 is 15.9 Å². The van der Waals surface area contributed by atoms with E-state index in [4.69, 9.17) is 5.73 Å². The average molecular weight is 353 g/mol. The molecule has 5 heteroatoms. The molecule has 0 bridgehead atoms. The molecule has 2 aromatic heterocycles. The largest absolute Gasteiger partial charge is 0.345 e. The highest BCUT2D eigenvalue weighted by atomic mass is 79.9. The molecule has 0 saturated heterocycles. The van der Waals surface area contributed by atoms with E-state index in [1.165, 1.54) is 11.4 Å². The third kappa shape index (κ3) is 3.58. The molecule has 0 radical (unpaired) electrons. The summed E-state index contributed by atoms with van der Waals surface area (Å²) in [6, 6.07) is 4.49. The number of nitrogens with two attached hydrogens (primary N) is 1. The highest BCUT2D eigenvalue weighted by molar-refractivity contribution is 9.10. The molecule has 1 atom stereocenters. The number of hydrogen-bond donors (Lipinski definition) is 1. The van der Waals surface area contributed by atoms with E-state index in [-0.39, 0.29) is 6.04 Å². The molecule has 0 aliphatic heterocycles. The minimum atomic E-state index is 0.226. The van der Waals surface area contributed by atoms with Crippen LogP contribution in [0.15, 0.2) is 22.8 Å². The fraction of sp³-hybridized carbons (Fsp3) is 0.562. The Kier molecular flexibility index (Phi) is 5.65. The number of aryl methyl sites for hydroxylation is 2. The zero-order valence-electron chi connectivity index (χ0n) is 13.1. The van der Waals surface area contributed by atoms with Gasteiger partial charge < -0.3 is 10.3 Å². The zero-order chi connectivity index (χ0) is 15.4. The minimum absolute atomic E-state index is 0.226. The van der Waals surface area contributed by atoms with Crippen molar-refractivity contribution < 1.29 is 0 Å². The molecular formula is C16H25BrN4. The molecule has 2 N–H and O–H groups in total. The van der Waals surface area contributed by atoms with Crippen molar-refractivity contribution in [3.63, 3.8) is 0 Å². The van der Waals surface area contributed by atoms with Gasteiger partial charge in [-0.2, -0.15) is 5.10 Å². The van der Waals surface area contributed by atoms with Crippen molar-refractivity contribution in [3.8, 4) is 0 Å². The summed E-state index contributed by atoms with van der Waals surface area (Å²) in [7, 11) is 0. The first-order valence-corrected chi connectivity index (χ1v) is 8.53. The van der Waals surface area contributed by atoms with Gasteiger partial charge >= 0.3 is 0 Å². The lowest BCUT2D eigenvalue weighted by molar-refractivity contribution is 0.572. The van der Waals surface area contributed by atoms with Gasteiger partial charge in [-0.3, -0.25) is 4.68 Å². The summed E-state index contributed by atoms with van der Waals surface area (Å²) >= 11 is 3.72. The normalized spacial score (nSPS) is 12.8. The van der Waals surface area contributed by atoms with Gasteiger partial charge in [-0.15, -0.1) is 0 Å². The van der Waals surface area contributed by atoms with Crippen LogP contribution in [0.2, 0.25) is 0 Å². The Balaban J connectivity index is 2.26. The van der Waals surface area contributed by atoms with Crippen LogP contribution in [0.4, 0.5) is 0 Å². The summed E-state index contributed by atoms with van der Waals surface area (Å²) in [4.78, 5) is 0. The third-order valence-electron chi connectivity index (χ3n) is 3.93. The van der Waals surface area contributed by atoms with Crippen molar-refractivity contribution in [1.29, 1.82) is 0 Å². The molecule has 0 spiro atoms. The first-order chi connectivity index (χ1) is 10.1. The van der Waals surface area contributed by atoms with E-state index >= 15 is 0 Å². The Bertz CT molecular complexity index is 585. The van der Waals surface area contributed by atoms with E-state index in [0.29, 0.717) is 0 Å². The molecule has 0 fully saturated rings. The predicted octanol–water partition coefficient (Wildman–Crippen LogP) is 3.36. The predicted molar refractivity (Wildman–Crippen MR) is 90.5 cm³/mol. The Morgan fingerprint density at radius 1 is 1.33 bits per heavy atom. The fourth-order valence-corrected chi connectivity index (χ4v) is 3.22. The molecule has 0 aliphatic carbocycles. The van der Waals surface area contributed by atoms with Crippen LogP contribution in [0.1, 0.15) is 44.3 Å². The lowest BCUT2D eigenvalue weighted by Gasteiger charge is -2.14. The number of aromatic nitrogens is 3. The quantitative estimate of drug-likeness (QED) is 0.830. The SMILES string of the molecule is CCc1nn(CC)c(Cn2cccc2CC(N)CC)c1Br. The molecule has 116 valence electrons. The standard InChI is InChI=1S/C16H25BrN4/c1-4-12(18)10-13-8-7-9-20(13)11-15-16(17)14(5-2)19-21(15)6-3/h7-9,12H,4-6,10-11,18H2,1-3H3. The first kappa shape index (κ1) is 16.3. The van der Waals surface area contributed by atoms with Gasteiger partial charge in [0, 0.05) is 30.9 Å². The van der Waals surface area contributed by atoms with Crippen molar-refractivity contribution in [2.75, 3.05) is 0 Å². The molecule has 0 saturated carbocycles. The molecule has 21 heavy (non-hydrogen) atoms. The second-order valence-electron chi connectivity index (χ2n) is 5.38. The summed E-state index contributed by atoms with van der Waals surface area (Å²) in [6.07, 6.45) is 4.99. The van der Waals surface area contributed by atoms with Crippen molar-refractivity contribution in [3.05, 3.63) is 39.9 Å². The summed E-state index contributed by atoms with van der Waals surface area (Å²) in [5.41, 5.74) is 9.75. The van der Waals surface area contributed by atoms with Crippen LogP contribution in [-0.4, -0.2) is 20.4 Å². The topological polar surface area (TPSA) is 48.8 Å². The van der Waals surface area contributed by atoms with E-state index in [0.717, 1.165) is 42.5 Å². The maximum absolute atomic E-state index is 6.10. The molecule has 2 heterocycles. The second-order valence-corrected chi connectivity index (χ2v) is 6.17. The summed E-state index contributed by atoms with van der Waals surface area (Å²) < 4.78 is 5.52. The molecule has 0 amide bonds. The van der Waals surface area contributed by atoms with Crippen molar-refractivity contribution in [2.24, 2.45) is 5.73 Å². The van der Waals surface area contributed by atoms with Crippen molar-refractivity contribution in [1.82, 2.24) is 14.3 Å². The van der Waals surface area contributed by atoms with Crippen LogP contribution < -0.4 is 5.73 Å². The second kappa shape index (κ2) is 7.27. The van der Waals surface area contributed by atoms with Gasteiger partial charge in [-0.1, -0.05) is 13.8 Å². The fourth-order valence-electron chi connectivity index (χ4n) is 2.53. The molecule has 0 aliphatic rings. The van der Waals surface area contributed by atoms with E-state index in [1.54, 1.807) is 0 Å². The van der Waals surface area contributed by atoms with Crippen LogP contribution in [-0.2, 0) is 25.9 Å². The van der Waals surface area contributed by atoms with Gasteiger partial charge in [0.15, 0.2) is 0 Å². The lowest BCUT2D eigenvalue weighted by Crippen LogP contribution is -2.23. The summed E-state index contributed by atoms with van der Waals surface area (Å²) in [5, 5.41) is 4.67. The highest BCUT2D eigenvalue weighted by Crippen LogP contribution is 2.24. The van der Waals surface area contributed by atoms with Crippen LogP contribution in [0, 0.1) is 0 Å². The Morgan fingerprint density at radius 3 is 2.71 bits per heavy atom. The average Bonchev–Trinajstić information content (AvgIpc) is 3.05. The first-order valence-electron chi connectivity index (χ1n) is 7.74. The monoisotopic (exact) mass is 352 g/mol. The maximum atomic E-state index is 6.10. The lowest BCUT2D eigenvalue weighted by atomic mass is 10.1.